The number of fused-ring (bicyclic) bond motifs is 1. The van der Waals surface area contributed by atoms with Crippen molar-refractivity contribution >= 4 is 11.0 Å². The molecule has 1 fully saturated rings. The Morgan fingerprint density at radius 1 is 1.12 bits per heavy atom. The van der Waals surface area contributed by atoms with E-state index in [1.165, 1.54) is 12.1 Å². The van der Waals surface area contributed by atoms with Gasteiger partial charge in [0.05, 0.1) is 35.6 Å². The Labute approximate surface area is 191 Å². The fourth-order valence-electron chi connectivity index (χ4n) is 4.66. The summed E-state index contributed by atoms with van der Waals surface area (Å²) in [6.07, 6.45) is -1.84. The van der Waals surface area contributed by atoms with E-state index in [9.17, 15) is 17.6 Å². The lowest BCUT2D eigenvalue weighted by atomic mass is 9.73. The number of hydrogen-bond acceptors (Lipinski definition) is 3. The molecule has 8 heteroatoms. The number of benzene rings is 2. The average Bonchev–Trinajstić information content (AvgIpc) is 3.21. The molecular weight excluding hydrogens is 434 g/mol. The van der Waals surface area contributed by atoms with E-state index >= 15 is 0 Å². The van der Waals surface area contributed by atoms with Crippen molar-refractivity contribution in [2.75, 3.05) is 26.7 Å². The number of nitrogens with zero attached hydrogens (tertiary/aromatic N) is 3. The molecule has 0 bridgehead atoms. The van der Waals surface area contributed by atoms with Crippen molar-refractivity contribution in [1.29, 1.82) is 0 Å². The van der Waals surface area contributed by atoms with E-state index < -0.39 is 17.8 Å². The molecule has 1 aliphatic heterocycles. The lowest BCUT2D eigenvalue weighted by molar-refractivity contribution is -0.137. The number of alkyl halides is 3. The van der Waals surface area contributed by atoms with Gasteiger partial charge in [0, 0.05) is 17.5 Å². The van der Waals surface area contributed by atoms with Crippen molar-refractivity contribution in [3.8, 4) is 0 Å². The van der Waals surface area contributed by atoms with Crippen LogP contribution in [-0.2, 0) is 22.9 Å². The number of piperidine rings is 1. The molecule has 4 rings (SSSR count). The number of ether oxygens (including phenoxy) is 1. The minimum Gasteiger partial charge on any atom is -0.373 e. The Kier molecular flexibility index (Phi) is 6.51. The molecule has 0 amide bonds. The molecule has 0 unspecified atom stereocenters. The monoisotopic (exact) mass is 463 g/mol. The third kappa shape index (κ3) is 4.77. The summed E-state index contributed by atoms with van der Waals surface area (Å²) in [6, 6.07) is 8.79. The number of aromatic nitrogens is 2. The van der Waals surface area contributed by atoms with Gasteiger partial charge in [-0.05, 0) is 76.7 Å². The summed E-state index contributed by atoms with van der Waals surface area (Å²) in [5.41, 5.74) is 1.37. The van der Waals surface area contributed by atoms with Crippen LogP contribution in [0.1, 0.15) is 49.5 Å². The number of hydrogen-bond donors (Lipinski definition) is 0. The SMILES string of the molecule is CCn1cnc2c([C@H](C)OCC3(c4ccc(F)cc4)CCN(C)CC3)cc(C(F)(F)F)cc21. The largest absolute Gasteiger partial charge is 0.416 e. The van der Waals surface area contributed by atoms with Crippen LogP contribution in [-0.4, -0.2) is 41.2 Å². The lowest BCUT2D eigenvalue weighted by Crippen LogP contribution is -2.44. The quantitative estimate of drug-likeness (QED) is 0.423. The Hall–Kier alpha value is -2.45. The highest BCUT2D eigenvalue weighted by Gasteiger charge is 2.37. The summed E-state index contributed by atoms with van der Waals surface area (Å²) in [6.45, 7) is 6.22. The zero-order valence-corrected chi connectivity index (χ0v) is 19.1. The second kappa shape index (κ2) is 9.06. The van der Waals surface area contributed by atoms with Gasteiger partial charge in [-0.1, -0.05) is 12.1 Å². The zero-order chi connectivity index (χ0) is 23.8. The number of halogens is 4. The van der Waals surface area contributed by atoms with Crippen molar-refractivity contribution in [1.82, 2.24) is 14.5 Å². The third-order valence-electron chi connectivity index (χ3n) is 6.87. The van der Waals surface area contributed by atoms with Crippen LogP contribution >= 0.6 is 0 Å². The van der Waals surface area contributed by atoms with E-state index in [1.54, 1.807) is 30.0 Å². The Balaban J connectivity index is 1.66. The summed E-state index contributed by atoms with van der Waals surface area (Å²) < 4.78 is 62.4. The van der Waals surface area contributed by atoms with Gasteiger partial charge < -0.3 is 14.2 Å². The highest BCUT2D eigenvalue weighted by molar-refractivity contribution is 5.80. The molecule has 1 aromatic heterocycles. The molecule has 0 radical (unpaired) electrons. The fraction of sp³-hybridized carbons (Fsp3) is 0.480. The van der Waals surface area contributed by atoms with Gasteiger partial charge in [0.1, 0.15) is 5.82 Å². The van der Waals surface area contributed by atoms with Gasteiger partial charge in [-0.2, -0.15) is 13.2 Å². The average molecular weight is 464 g/mol. The van der Waals surface area contributed by atoms with Crippen LogP contribution in [0.2, 0.25) is 0 Å². The smallest absolute Gasteiger partial charge is 0.373 e. The molecule has 1 aliphatic rings. The van der Waals surface area contributed by atoms with Crippen molar-refractivity contribution in [2.24, 2.45) is 0 Å². The summed E-state index contributed by atoms with van der Waals surface area (Å²) in [5.74, 6) is -0.297. The highest BCUT2D eigenvalue weighted by atomic mass is 19.4. The van der Waals surface area contributed by atoms with Gasteiger partial charge in [-0.15, -0.1) is 0 Å². The van der Waals surface area contributed by atoms with Crippen LogP contribution in [0, 0.1) is 5.82 Å². The Morgan fingerprint density at radius 3 is 2.39 bits per heavy atom. The maximum absolute atomic E-state index is 13.6. The second-order valence-electron chi connectivity index (χ2n) is 9.01. The van der Waals surface area contributed by atoms with Gasteiger partial charge >= 0.3 is 6.18 Å². The maximum atomic E-state index is 13.6. The summed E-state index contributed by atoms with van der Waals surface area (Å²) in [5, 5.41) is 0. The van der Waals surface area contributed by atoms with E-state index in [2.05, 4.69) is 16.9 Å². The number of imidazole rings is 1. The first kappa shape index (κ1) is 23.7. The molecule has 4 nitrogen and oxygen atoms in total. The van der Waals surface area contributed by atoms with Crippen LogP contribution in [0.3, 0.4) is 0 Å². The molecular formula is C25H29F4N3O. The predicted molar refractivity (Wildman–Crippen MR) is 120 cm³/mol. The summed E-state index contributed by atoms with van der Waals surface area (Å²) in [7, 11) is 2.06. The van der Waals surface area contributed by atoms with Gasteiger partial charge in [0.2, 0.25) is 0 Å². The normalized spacial score (nSPS) is 18.0. The van der Waals surface area contributed by atoms with E-state index in [1.807, 2.05) is 6.92 Å². The van der Waals surface area contributed by atoms with Crippen molar-refractivity contribution in [3.05, 3.63) is 65.2 Å². The lowest BCUT2D eigenvalue weighted by Gasteiger charge is -2.41. The van der Waals surface area contributed by atoms with Crippen LogP contribution in [0.15, 0.2) is 42.7 Å². The standard InChI is InChI=1S/C25H29F4N3O/c1-4-32-16-30-23-21(13-19(14-22(23)32)25(27,28)29)17(2)33-15-24(9-11-31(3)12-10-24)18-5-7-20(26)8-6-18/h5-8,13-14,16-17H,4,9-12,15H2,1-3H3/t17-/m0/s1. The topological polar surface area (TPSA) is 30.3 Å². The Morgan fingerprint density at radius 2 is 1.79 bits per heavy atom. The van der Waals surface area contributed by atoms with Gasteiger partial charge in [-0.3, -0.25) is 0 Å². The summed E-state index contributed by atoms with van der Waals surface area (Å²) in [4.78, 5) is 6.63. The second-order valence-corrected chi connectivity index (χ2v) is 9.01. The van der Waals surface area contributed by atoms with Crippen LogP contribution in [0.5, 0.6) is 0 Å². The van der Waals surface area contributed by atoms with Gasteiger partial charge in [0.15, 0.2) is 0 Å². The molecule has 33 heavy (non-hydrogen) atoms. The van der Waals surface area contributed by atoms with Gasteiger partial charge in [-0.25, -0.2) is 9.37 Å². The maximum Gasteiger partial charge on any atom is 0.416 e. The van der Waals surface area contributed by atoms with Crippen LogP contribution < -0.4 is 0 Å². The van der Waals surface area contributed by atoms with Crippen LogP contribution in [0.4, 0.5) is 17.6 Å². The first-order chi connectivity index (χ1) is 15.6. The molecule has 2 aromatic carbocycles. The molecule has 1 saturated heterocycles. The molecule has 0 N–H and O–H groups in total. The van der Waals surface area contributed by atoms with Crippen molar-refractivity contribution < 1.29 is 22.3 Å². The zero-order valence-electron chi connectivity index (χ0n) is 19.1. The van der Waals surface area contributed by atoms with Crippen molar-refractivity contribution in [3.63, 3.8) is 0 Å². The van der Waals surface area contributed by atoms with Crippen LogP contribution in [0.25, 0.3) is 11.0 Å². The molecule has 3 aromatic rings. The molecule has 178 valence electrons. The predicted octanol–water partition coefficient (Wildman–Crippen LogP) is 5.96. The highest BCUT2D eigenvalue weighted by Crippen LogP contribution is 2.39. The van der Waals surface area contributed by atoms with E-state index in [-0.39, 0.29) is 11.2 Å². The fourth-order valence-corrected chi connectivity index (χ4v) is 4.66. The molecule has 2 heterocycles. The minimum atomic E-state index is -4.46. The van der Waals surface area contributed by atoms with Crippen molar-refractivity contribution in [2.45, 2.75) is 50.9 Å². The number of likely N-dealkylation sites (tertiary alicyclic amines) is 1. The molecule has 0 aliphatic carbocycles. The first-order valence-corrected chi connectivity index (χ1v) is 11.2. The molecule has 1 atom stereocenters. The molecule has 0 saturated carbocycles. The first-order valence-electron chi connectivity index (χ1n) is 11.2. The number of rotatable bonds is 6. The van der Waals surface area contributed by atoms with Gasteiger partial charge in [0.25, 0.3) is 0 Å². The van der Waals surface area contributed by atoms with E-state index in [0.717, 1.165) is 43.6 Å². The van der Waals surface area contributed by atoms with E-state index in [4.69, 9.17) is 4.74 Å². The number of aryl methyl sites for hydroxylation is 1. The minimum absolute atomic E-state index is 0.297. The summed E-state index contributed by atoms with van der Waals surface area (Å²) >= 11 is 0. The Bertz CT molecular complexity index is 1100. The van der Waals surface area contributed by atoms with E-state index in [0.29, 0.717) is 29.7 Å². The third-order valence-corrected chi connectivity index (χ3v) is 6.87. The molecule has 0 spiro atoms.